The summed E-state index contributed by atoms with van der Waals surface area (Å²) >= 11 is 0. The lowest BCUT2D eigenvalue weighted by molar-refractivity contribution is -0.192. The smallest absolute Gasteiger partial charge is 0.478 e. The molecule has 0 amide bonds. The fourth-order valence-corrected chi connectivity index (χ4v) is 2.11. The lowest BCUT2D eigenvalue weighted by Gasteiger charge is -2.19. The number of carboxylic acid groups (broad SMARTS) is 3. The maximum absolute atomic E-state index is 11.6. The van der Waals surface area contributed by atoms with Crippen molar-refractivity contribution in [3.05, 3.63) is 65.2 Å². The van der Waals surface area contributed by atoms with Crippen molar-refractivity contribution in [1.82, 2.24) is 0 Å². The molecule has 0 aliphatic carbocycles. The van der Waals surface area contributed by atoms with Crippen molar-refractivity contribution in [1.29, 1.82) is 0 Å². The Balaban J connectivity index is 0.000000541. The highest BCUT2D eigenvalue weighted by Crippen LogP contribution is 2.14. The fourth-order valence-electron chi connectivity index (χ4n) is 2.11. The zero-order valence-corrected chi connectivity index (χ0v) is 18.4. The second-order valence-corrected chi connectivity index (χ2v) is 7.42. The summed E-state index contributed by atoms with van der Waals surface area (Å²) in [5, 5.41) is 24.6. The van der Waals surface area contributed by atoms with Crippen LogP contribution >= 0.6 is 0 Å². The number of carboxylic acids is 3. The number of carbonyl (C=O) groups is 4. The molecule has 0 atom stereocenters. The number of anilines is 1. The average molecular weight is 487 g/mol. The number of benzene rings is 2. The van der Waals surface area contributed by atoms with Gasteiger partial charge in [0.15, 0.2) is 0 Å². The van der Waals surface area contributed by atoms with E-state index in [-0.39, 0.29) is 17.5 Å². The molecule has 0 saturated carbocycles. The van der Waals surface area contributed by atoms with Gasteiger partial charge in [0.2, 0.25) is 0 Å². The van der Waals surface area contributed by atoms with Crippen LogP contribution < -0.4 is 5.73 Å². The van der Waals surface area contributed by atoms with Gasteiger partial charge in [-0.05, 0) is 44.5 Å². The number of hydrogen-bond donors (Lipinski definition) is 4. The first-order chi connectivity index (χ1) is 15.5. The van der Waals surface area contributed by atoms with Crippen molar-refractivity contribution >= 4 is 29.6 Å². The Morgan fingerprint density at radius 2 is 1.24 bits per heavy atom. The lowest BCUT2D eigenvalue weighted by atomic mass is 10.0. The van der Waals surface area contributed by atoms with Gasteiger partial charge < -0.3 is 25.8 Å². The number of nitrogens with two attached hydrogens (primary N) is 1. The zero-order chi connectivity index (χ0) is 26.7. The second-order valence-electron chi connectivity index (χ2n) is 7.42. The van der Waals surface area contributed by atoms with Gasteiger partial charge in [0.25, 0.3) is 0 Å². The molecule has 0 spiro atoms. The van der Waals surface area contributed by atoms with E-state index in [4.69, 9.17) is 30.6 Å². The van der Waals surface area contributed by atoms with E-state index in [1.165, 1.54) is 12.1 Å². The Morgan fingerprint density at radius 3 is 1.59 bits per heavy atom. The molecule has 0 aliphatic heterocycles. The van der Waals surface area contributed by atoms with Gasteiger partial charge in [0.1, 0.15) is 5.60 Å². The molecule has 2 aromatic carbocycles. The molecule has 2 aromatic rings. The molecular formula is C22H24F3NO8. The third-order valence-electron chi connectivity index (χ3n) is 3.44. The number of alkyl halides is 3. The van der Waals surface area contributed by atoms with Crippen LogP contribution in [0.3, 0.4) is 0 Å². The van der Waals surface area contributed by atoms with E-state index in [0.29, 0.717) is 11.3 Å². The summed E-state index contributed by atoms with van der Waals surface area (Å²) in [7, 11) is 0. The molecule has 12 heteroatoms. The van der Waals surface area contributed by atoms with Crippen LogP contribution in [0.4, 0.5) is 18.9 Å². The summed E-state index contributed by atoms with van der Waals surface area (Å²) in [6.07, 6.45) is -5.11. The van der Waals surface area contributed by atoms with Crippen LogP contribution in [0.25, 0.3) is 0 Å². The summed E-state index contributed by atoms with van der Waals surface area (Å²) in [6.45, 7) is 5.32. The Hall–Kier alpha value is -4.09. The molecule has 34 heavy (non-hydrogen) atoms. The van der Waals surface area contributed by atoms with E-state index in [0.717, 1.165) is 0 Å². The highest BCUT2D eigenvalue weighted by atomic mass is 19.4. The number of rotatable bonds is 4. The van der Waals surface area contributed by atoms with Gasteiger partial charge in [0.05, 0.1) is 17.5 Å². The maximum atomic E-state index is 11.6. The molecule has 0 fully saturated rings. The molecule has 0 heterocycles. The fraction of sp³-hybridized carbons (Fsp3) is 0.273. The summed E-state index contributed by atoms with van der Waals surface area (Å²) in [5.74, 6) is -5.21. The average Bonchev–Trinajstić information content (AvgIpc) is 2.67. The Bertz CT molecular complexity index is 1010. The number of halogens is 3. The van der Waals surface area contributed by atoms with E-state index in [9.17, 15) is 27.6 Å². The minimum Gasteiger partial charge on any atom is -0.478 e. The monoisotopic (exact) mass is 487 g/mol. The summed E-state index contributed by atoms with van der Waals surface area (Å²) < 4.78 is 36.9. The SMILES string of the molecule is CC(C)(C)OC(=O)Cc1ccccc1C(=O)O.Nc1ccccc1C(=O)O.O=C(O)C(F)(F)F. The molecule has 0 unspecified atom stereocenters. The highest BCUT2D eigenvalue weighted by Gasteiger charge is 2.38. The van der Waals surface area contributed by atoms with Crippen LogP contribution in [0, 0.1) is 0 Å². The number of nitrogen functional groups attached to an aromatic ring is 1. The quantitative estimate of drug-likeness (QED) is 0.370. The van der Waals surface area contributed by atoms with Crippen molar-refractivity contribution in [2.24, 2.45) is 0 Å². The topological polar surface area (TPSA) is 164 Å². The van der Waals surface area contributed by atoms with Gasteiger partial charge in [-0.3, -0.25) is 4.79 Å². The Labute approximate surface area is 192 Å². The third kappa shape index (κ3) is 12.1. The Kier molecular flexibility index (Phi) is 11.3. The third-order valence-corrected chi connectivity index (χ3v) is 3.44. The highest BCUT2D eigenvalue weighted by molar-refractivity contribution is 5.93. The number of carbonyl (C=O) groups excluding carboxylic acids is 1. The van der Waals surface area contributed by atoms with Crippen molar-refractivity contribution in [3.63, 3.8) is 0 Å². The summed E-state index contributed by atoms with van der Waals surface area (Å²) in [4.78, 5) is 41.8. The van der Waals surface area contributed by atoms with Crippen LogP contribution in [-0.2, 0) is 20.7 Å². The summed E-state index contributed by atoms with van der Waals surface area (Å²) in [6, 6.07) is 12.8. The molecule has 9 nitrogen and oxygen atoms in total. The van der Waals surface area contributed by atoms with Gasteiger partial charge in [-0.15, -0.1) is 0 Å². The largest absolute Gasteiger partial charge is 0.490 e. The van der Waals surface area contributed by atoms with Gasteiger partial charge in [-0.25, -0.2) is 14.4 Å². The van der Waals surface area contributed by atoms with Crippen LogP contribution in [-0.4, -0.2) is 51.0 Å². The maximum Gasteiger partial charge on any atom is 0.490 e. The standard InChI is InChI=1S/C13H16O4.C7H7NO2.C2HF3O2/c1-13(2,3)17-11(14)8-9-6-4-5-7-10(9)12(15)16;8-6-4-2-1-3-5(6)7(9)10;3-2(4,5)1(6)7/h4-7H,8H2,1-3H3,(H,15,16);1-4H,8H2,(H,9,10);(H,6,7). The molecule has 186 valence electrons. The molecule has 0 aliphatic rings. The number of para-hydroxylation sites is 1. The molecule has 5 N–H and O–H groups in total. The van der Waals surface area contributed by atoms with Crippen molar-refractivity contribution in [2.45, 2.75) is 39.0 Å². The van der Waals surface area contributed by atoms with E-state index in [2.05, 4.69) is 0 Å². The number of ether oxygens (including phenoxy) is 1. The van der Waals surface area contributed by atoms with Gasteiger partial charge in [0, 0.05) is 5.69 Å². The van der Waals surface area contributed by atoms with E-state index < -0.39 is 35.7 Å². The minimum absolute atomic E-state index is 0.0280. The summed E-state index contributed by atoms with van der Waals surface area (Å²) in [5.41, 5.74) is 5.84. The van der Waals surface area contributed by atoms with Crippen LogP contribution in [0.2, 0.25) is 0 Å². The van der Waals surface area contributed by atoms with Gasteiger partial charge in [-0.1, -0.05) is 30.3 Å². The predicted octanol–water partition coefficient (Wildman–Crippen LogP) is 3.87. The van der Waals surface area contributed by atoms with Gasteiger partial charge in [-0.2, -0.15) is 13.2 Å². The zero-order valence-electron chi connectivity index (χ0n) is 18.4. The van der Waals surface area contributed by atoms with Crippen LogP contribution in [0.5, 0.6) is 0 Å². The molecule has 0 aromatic heterocycles. The van der Waals surface area contributed by atoms with Crippen molar-refractivity contribution in [2.75, 3.05) is 5.73 Å². The number of aliphatic carboxylic acids is 1. The first kappa shape index (κ1) is 29.9. The first-order valence-corrected chi connectivity index (χ1v) is 9.36. The van der Waals surface area contributed by atoms with E-state index in [1.54, 1.807) is 57.2 Å². The van der Waals surface area contributed by atoms with Crippen LogP contribution in [0.15, 0.2) is 48.5 Å². The first-order valence-electron chi connectivity index (χ1n) is 9.36. The molecule has 0 bridgehead atoms. The molecule has 2 rings (SSSR count). The normalized spacial score (nSPS) is 10.5. The molecule has 0 saturated heterocycles. The van der Waals surface area contributed by atoms with Crippen molar-refractivity contribution in [3.8, 4) is 0 Å². The number of aromatic carboxylic acids is 2. The molecular weight excluding hydrogens is 463 g/mol. The minimum atomic E-state index is -5.08. The van der Waals surface area contributed by atoms with E-state index in [1.807, 2.05) is 0 Å². The Morgan fingerprint density at radius 1 is 0.824 bits per heavy atom. The van der Waals surface area contributed by atoms with Crippen LogP contribution in [0.1, 0.15) is 47.1 Å². The lowest BCUT2D eigenvalue weighted by Crippen LogP contribution is -2.25. The molecule has 0 radical (unpaired) electrons. The second kappa shape index (κ2) is 12.8. The van der Waals surface area contributed by atoms with Gasteiger partial charge >= 0.3 is 30.1 Å². The van der Waals surface area contributed by atoms with E-state index >= 15 is 0 Å². The predicted molar refractivity (Wildman–Crippen MR) is 114 cm³/mol. The number of esters is 1. The number of hydrogen-bond acceptors (Lipinski definition) is 6. The van der Waals surface area contributed by atoms with Crippen molar-refractivity contribution < 1.29 is 52.4 Å².